The number of aromatic nitrogens is 1. The number of benzene rings is 6. The Morgan fingerprint density at radius 1 is 0.442 bits per heavy atom. The maximum Gasteiger partial charge on any atom is 0.0488 e. The van der Waals surface area contributed by atoms with Crippen molar-refractivity contribution >= 4 is 44.6 Å². The van der Waals surface area contributed by atoms with Gasteiger partial charge in [0.25, 0.3) is 0 Å². The van der Waals surface area contributed by atoms with Gasteiger partial charge in [0.05, 0.1) is 0 Å². The molecular weight excluding hydrogens is 522 g/mol. The Kier molecular flexibility index (Phi) is 8.24. The molecule has 0 unspecified atom stereocenters. The topological polar surface area (TPSA) is 11.4 Å². The van der Waals surface area contributed by atoms with Gasteiger partial charge in [0.1, 0.15) is 0 Å². The van der Waals surface area contributed by atoms with E-state index in [0.29, 0.717) is 0 Å². The molecule has 1 aliphatic rings. The van der Waals surface area contributed by atoms with Gasteiger partial charge < -0.3 is 14.4 Å². The van der Waals surface area contributed by atoms with Gasteiger partial charge in [0.2, 0.25) is 0 Å². The van der Waals surface area contributed by atoms with E-state index < -0.39 is 0 Å². The predicted octanol–water partition coefficient (Wildman–Crippen LogP) is 10.1. The fraction of sp³-hybridized carbons (Fsp3) is 0.100. The molecule has 0 fully saturated rings. The summed E-state index contributed by atoms with van der Waals surface area (Å²) >= 11 is 0. The number of rotatable bonds is 2. The lowest BCUT2D eigenvalue weighted by molar-refractivity contribution is 1.01. The van der Waals surface area contributed by atoms with Gasteiger partial charge in [-0.05, 0) is 59.7 Å². The third kappa shape index (κ3) is 5.89. The molecule has 7 aromatic rings. The number of para-hydroxylation sites is 6. The van der Waals surface area contributed by atoms with Gasteiger partial charge in [0.15, 0.2) is 0 Å². The third-order valence-electron chi connectivity index (χ3n) is 8.19. The molecule has 43 heavy (non-hydrogen) atoms. The van der Waals surface area contributed by atoms with Gasteiger partial charge in [-0.15, -0.1) is 0 Å². The summed E-state index contributed by atoms with van der Waals surface area (Å²) in [7, 11) is 6.33. The second-order valence-corrected chi connectivity index (χ2v) is 10.8. The smallest absolute Gasteiger partial charge is 0.0488 e. The van der Waals surface area contributed by atoms with Gasteiger partial charge in [-0.1, -0.05) is 109 Å². The largest absolute Gasteiger partial charge is 0.345 e. The van der Waals surface area contributed by atoms with Crippen molar-refractivity contribution in [2.45, 2.75) is 6.42 Å². The van der Waals surface area contributed by atoms with Crippen molar-refractivity contribution in [2.24, 2.45) is 7.05 Å². The number of nitrogens with zero attached hydrogens (tertiary/aromatic N) is 3. The molecule has 0 saturated carbocycles. The lowest BCUT2D eigenvalue weighted by Crippen LogP contribution is -2.18. The fourth-order valence-electron chi connectivity index (χ4n) is 5.88. The summed E-state index contributed by atoms with van der Waals surface area (Å²) in [5.74, 6) is 0. The van der Waals surface area contributed by atoms with Crippen molar-refractivity contribution in [3.05, 3.63) is 169 Å². The second-order valence-electron chi connectivity index (χ2n) is 10.8. The number of anilines is 4. The second kappa shape index (κ2) is 12.7. The summed E-state index contributed by atoms with van der Waals surface area (Å²) < 4.78 is 2.24. The van der Waals surface area contributed by atoms with E-state index in [1.807, 2.05) is 12.1 Å². The summed E-state index contributed by atoms with van der Waals surface area (Å²) in [5, 5.41) is 2.68. The van der Waals surface area contributed by atoms with Gasteiger partial charge in [-0.3, -0.25) is 0 Å². The highest BCUT2D eigenvalue weighted by Crippen LogP contribution is 2.36. The Morgan fingerprint density at radius 3 is 1.28 bits per heavy atom. The lowest BCUT2D eigenvalue weighted by Gasteiger charge is -2.29. The molecule has 8 rings (SSSR count). The first kappa shape index (κ1) is 27.9. The zero-order valence-corrected chi connectivity index (χ0v) is 25.1. The van der Waals surface area contributed by atoms with Gasteiger partial charge in [0, 0.05) is 72.1 Å². The lowest BCUT2D eigenvalue weighted by atomic mass is 9.96. The van der Waals surface area contributed by atoms with E-state index in [2.05, 4.69) is 181 Å². The first-order valence-corrected chi connectivity index (χ1v) is 14.8. The van der Waals surface area contributed by atoms with Crippen LogP contribution in [0.2, 0.25) is 0 Å². The number of aryl methyl sites for hydroxylation is 1. The molecule has 0 saturated heterocycles. The molecule has 1 aromatic heterocycles. The van der Waals surface area contributed by atoms with Crippen LogP contribution in [0.15, 0.2) is 158 Å². The molecule has 0 spiro atoms. The Bertz CT molecular complexity index is 1800. The first-order valence-electron chi connectivity index (χ1n) is 14.8. The maximum atomic E-state index is 2.27. The van der Waals surface area contributed by atoms with Crippen molar-refractivity contribution < 1.29 is 0 Å². The van der Waals surface area contributed by atoms with Crippen molar-refractivity contribution in [1.29, 1.82) is 0 Å². The summed E-state index contributed by atoms with van der Waals surface area (Å²) in [6, 6.07) is 54.9. The molecule has 0 aliphatic carbocycles. The van der Waals surface area contributed by atoms with Crippen LogP contribution in [0.4, 0.5) is 22.7 Å². The van der Waals surface area contributed by atoms with E-state index in [0.717, 1.165) is 6.42 Å². The van der Waals surface area contributed by atoms with Crippen molar-refractivity contribution in [1.82, 2.24) is 4.57 Å². The van der Waals surface area contributed by atoms with Crippen LogP contribution in [0.3, 0.4) is 0 Å². The minimum Gasteiger partial charge on any atom is -0.345 e. The van der Waals surface area contributed by atoms with Crippen molar-refractivity contribution in [2.75, 3.05) is 23.9 Å². The van der Waals surface area contributed by atoms with Crippen LogP contribution in [-0.2, 0) is 13.5 Å². The van der Waals surface area contributed by atoms with E-state index in [1.54, 1.807) is 0 Å². The molecule has 3 heteroatoms. The standard InChI is InChI=1S/C14H13N.C13H11N.C13H13N/c1-15-13-8-4-2-6-11(13)10-12-7-3-5-9-14(12)15;1-14-12-8-4-2-6-10(12)11-7-3-5-9-13(11)14;1-14(12-8-4-2-5-9-12)13-10-6-3-7-11-13/h2-9H,10H2,1H3;2-9H,1H3;2-11H,1H3. The highest BCUT2D eigenvalue weighted by atomic mass is 15.1. The molecule has 0 amide bonds. The van der Waals surface area contributed by atoms with Crippen LogP contribution < -0.4 is 9.80 Å². The van der Waals surface area contributed by atoms with Crippen LogP contribution in [0, 0.1) is 0 Å². The van der Waals surface area contributed by atoms with Crippen LogP contribution >= 0.6 is 0 Å². The predicted molar refractivity (Wildman–Crippen MR) is 185 cm³/mol. The van der Waals surface area contributed by atoms with Crippen molar-refractivity contribution in [3.8, 4) is 0 Å². The zero-order valence-electron chi connectivity index (χ0n) is 25.1. The quantitative estimate of drug-likeness (QED) is 0.209. The molecule has 0 atom stereocenters. The van der Waals surface area contributed by atoms with Gasteiger partial charge in [-0.2, -0.15) is 0 Å². The minimum atomic E-state index is 1.05. The number of hydrogen-bond acceptors (Lipinski definition) is 2. The third-order valence-corrected chi connectivity index (χ3v) is 8.19. The summed E-state index contributed by atoms with van der Waals surface area (Å²) in [4.78, 5) is 4.44. The Balaban J connectivity index is 0.000000115. The molecule has 0 radical (unpaired) electrons. The van der Waals surface area contributed by atoms with Crippen molar-refractivity contribution in [3.63, 3.8) is 0 Å². The molecule has 212 valence electrons. The molecular formula is C40H37N3. The average molecular weight is 560 g/mol. The number of fused-ring (bicyclic) bond motifs is 5. The van der Waals surface area contributed by atoms with Gasteiger partial charge >= 0.3 is 0 Å². The summed E-state index contributed by atoms with van der Waals surface area (Å²) in [6.45, 7) is 0. The summed E-state index contributed by atoms with van der Waals surface area (Å²) in [6.07, 6.45) is 1.05. The van der Waals surface area contributed by atoms with E-state index >= 15 is 0 Å². The number of hydrogen-bond donors (Lipinski definition) is 0. The van der Waals surface area contributed by atoms with Crippen LogP contribution in [0.25, 0.3) is 21.8 Å². The maximum absolute atomic E-state index is 2.27. The monoisotopic (exact) mass is 559 g/mol. The van der Waals surface area contributed by atoms with Crippen LogP contribution in [0.5, 0.6) is 0 Å². The minimum absolute atomic E-state index is 1.05. The molecule has 3 nitrogen and oxygen atoms in total. The SMILES string of the molecule is CN(c1ccccc1)c1ccccc1.CN1c2ccccc2Cc2ccccc21.Cn1c2ccccc2c2ccccc21. The normalized spacial score (nSPS) is 11.5. The molecule has 6 aromatic carbocycles. The Morgan fingerprint density at radius 2 is 0.814 bits per heavy atom. The zero-order chi connectivity index (χ0) is 29.6. The molecule has 0 N–H and O–H groups in total. The molecule has 1 aliphatic heterocycles. The average Bonchev–Trinajstić information content (AvgIpc) is 3.38. The highest BCUT2D eigenvalue weighted by Gasteiger charge is 2.18. The first-order chi connectivity index (χ1) is 21.1. The highest BCUT2D eigenvalue weighted by molar-refractivity contribution is 6.07. The summed E-state index contributed by atoms with van der Waals surface area (Å²) in [5.41, 5.74) is 10.5. The van der Waals surface area contributed by atoms with Crippen LogP contribution in [-0.4, -0.2) is 18.7 Å². The Hall–Kier alpha value is -5.28. The molecule has 2 heterocycles. The Labute approximate surface area is 254 Å². The van der Waals surface area contributed by atoms with E-state index in [4.69, 9.17) is 0 Å². The van der Waals surface area contributed by atoms with E-state index in [9.17, 15) is 0 Å². The van der Waals surface area contributed by atoms with Crippen LogP contribution in [0.1, 0.15) is 11.1 Å². The van der Waals surface area contributed by atoms with Gasteiger partial charge in [-0.25, -0.2) is 0 Å². The van der Waals surface area contributed by atoms with E-state index in [1.165, 1.54) is 55.7 Å². The molecule has 0 bridgehead atoms. The van der Waals surface area contributed by atoms with E-state index in [-0.39, 0.29) is 0 Å². The fourth-order valence-corrected chi connectivity index (χ4v) is 5.88.